The fourth-order valence-corrected chi connectivity index (χ4v) is 2.32. The highest BCUT2D eigenvalue weighted by atomic mass is 15.1. The molecular weight excluding hydrogens is 248 g/mol. The van der Waals surface area contributed by atoms with Gasteiger partial charge in [-0.2, -0.15) is 0 Å². The molecule has 108 valence electrons. The summed E-state index contributed by atoms with van der Waals surface area (Å²) in [5.74, 6) is 2.38. The van der Waals surface area contributed by atoms with Crippen molar-refractivity contribution >= 4 is 5.82 Å². The second kappa shape index (κ2) is 6.07. The topological polar surface area (TPSA) is 56.7 Å². The molecular formula is C16H24N4. The molecule has 0 saturated heterocycles. The standard InChI is InChI=1S/C16H24N4/c1-5-6-14-19-15(13-8-7-12(4)18-9-13)16(17)20(14)10-11(2)3/h7-9,11H,5-6,10,17H2,1-4H3. The predicted octanol–water partition coefficient (Wildman–Crippen LogP) is 3.44. The Hall–Kier alpha value is -1.84. The van der Waals surface area contributed by atoms with Crippen LogP contribution in [0.3, 0.4) is 0 Å². The Morgan fingerprint density at radius 3 is 2.60 bits per heavy atom. The lowest BCUT2D eigenvalue weighted by Crippen LogP contribution is -2.11. The number of nitrogens with two attached hydrogens (primary N) is 1. The largest absolute Gasteiger partial charge is 0.383 e. The van der Waals surface area contributed by atoms with Crippen LogP contribution in [0.1, 0.15) is 38.7 Å². The summed E-state index contributed by atoms with van der Waals surface area (Å²) in [5.41, 5.74) is 9.18. The molecule has 20 heavy (non-hydrogen) atoms. The van der Waals surface area contributed by atoms with Gasteiger partial charge >= 0.3 is 0 Å². The Morgan fingerprint density at radius 2 is 2.05 bits per heavy atom. The molecule has 2 heterocycles. The Kier molecular flexibility index (Phi) is 4.42. The maximum absolute atomic E-state index is 6.33. The van der Waals surface area contributed by atoms with Gasteiger partial charge < -0.3 is 10.3 Å². The van der Waals surface area contributed by atoms with E-state index in [1.807, 2.05) is 25.3 Å². The molecule has 0 radical (unpaired) electrons. The maximum atomic E-state index is 6.33. The molecule has 4 nitrogen and oxygen atoms in total. The molecule has 2 rings (SSSR count). The quantitative estimate of drug-likeness (QED) is 0.907. The average molecular weight is 272 g/mol. The molecule has 0 atom stereocenters. The van der Waals surface area contributed by atoms with Gasteiger partial charge in [0.15, 0.2) is 0 Å². The summed E-state index contributed by atoms with van der Waals surface area (Å²) < 4.78 is 2.16. The lowest BCUT2D eigenvalue weighted by Gasteiger charge is -2.11. The number of aryl methyl sites for hydroxylation is 2. The number of aromatic nitrogens is 3. The first-order valence-electron chi connectivity index (χ1n) is 7.30. The van der Waals surface area contributed by atoms with Crippen LogP contribution in [0.5, 0.6) is 0 Å². The minimum absolute atomic E-state index is 0.547. The van der Waals surface area contributed by atoms with E-state index in [0.29, 0.717) is 5.92 Å². The van der Waals surface area contributed by atoms with Gasteiger partial charge in [0.1, 0.15) is 17.3 Å². The van der Waals surface area contributed by atoms with Gasteiger partial charge in [-0.25, -0.2) is 4.98 Å². The number of hydrogen-bond donors (Lipinski definition) is 1. The van der Waals surface area contributed by atoms with E-state index in [2.05, 4.69) is 30.3 Å². The number of hydrogen-bond acceptors (Lipinski definition) is 3. The van der Waals surface area contributed by atoms with E-state index < -0.39 is 0 Å². The van der Waals surface area contributed by atoms with Crippen LogP contribution in [0.25, 0.3) is 11.3 Å². The third kappa shape index (κ3) is 3.00. The summed E-state index contributed by atoms with van der Waals surface area (Å²) in [7, 11) is 0. The van der Waals surface area contributed by atoms with Gasteiger partial charge in [-0.1, -0.05) is 20.8 Å². The van der Waals surface area contributed by atoms with Crippen molar-refractivity contribution in [2.75, 3.05) is 5.73 Å². The molecule has 0 aliphatic rings. The first-order valence-corrected chi connectivity index (χ1v) is 7.30. The van der Waals surface area contributed by atoms with Crippen LogP contribution in [-0.4, -0.2) is 14.5 Å². The zero-order chi connectivity index (χ0) is 14.7. The minimum Gasteiger partial charge on any atom is -0.383 e. The van der Waals surface area contributed by atoms with E-state index in [9.17, 15) is 0 Å². The van der Waals surface area contributed by atoms with Gasteiger partial charge in [-0.3, -0.25) is 4.98 Å². The highest BCUT2D eigenvalue weighted by molar-refractivity contribution is 5.70. The van der Waals surface area contributed by atoms with Gasteiger partial charge in [0.05, 0.1) is 0 Å². The average Bonchev–Trinajstić information content (AvgIpc) is 2.69. The van der Waals surface area contributed by atoms with Crippen molar-refractivity contribution in [1.29, 1.82) is 0 Å². The summed E-state index contributed by atoms with van der Waals surface area (Å²) in [6.07, 6.45) is 3.87. The van der Waals surface area contributed by atoms with E-state index in [-0.39, 0.29) is 0 Å². The fraction of sp³-hybridized carbons (Fsp3) is 0.500. The monoisotopic (exact) mass is 272 g/mol. The number of rotatable bonds is 5. The van der Waals surface area contributed by atoms with Crippen molar-refractivity contribution in [3.8, 4) is 11.3 Å². The van der Waals surface area contributed by atoms with Crippen molar-refractivity contribution in [2.45, 2.75) is 47.1 Å². The zero-order valence-electron chi connectivity index (χ0n) is 12.8. The SMILES string of the molecule is CCCc1nc(-c2ccc(C)nc2)c(N)n1CC(C)C. The van der Waals surface area contributed by atoms with E-state index >= 15 is 0 Å². The van der Waals surface area contributed by atoms with Crippen LogP contribution < -0.4 is 5.73 Å². The summed E-state index contributed by atoms with van der Waals surface area (Å²) >= 11 is 0. The Morgan fingerprint density at radius 1 is 1.30 bits per heavy atom. The van der Waals surface area contributed by atoms with Gasteiger partial charge in [-0.15, -0.1) is 0 Å². The summed E-state index contributed by atoms with van der Waals surface area (Å²) in [5, 5.41) is 0. The predicted molar refractivity (Wildman–Crippen MR) is 83.4 cm³/mol. The molecule has 2 N–H and O–H groups in total. The van der Waals surface area contributed by atoms with Crippen molar-refractivity contribution in [1.82, 2.24) is 14.5 Å². The third-order valence-electron chi connectivity index (χ3n) is 3.29. The molecule has 4 heteroatoms. The first-order chi connectivity index (χ1) is 9.52. The Balaban J connectivity index is 2.45. The van der Waals surface area contributed by atoms with Crippen molar-refractivity contribution in [3.05, 3.63) is 29.8 Å². The van der Waals surface area contributed by atoms with Crippen LogP contribution in [0.15, 0.2) is 18.3 Å². The zero-order valence-corrected chi connectivity index (χ0v) is 12.8. The normalized spacial score (nSPS) is 11.2. The molecule has 2 aromatic heterocycles. The van der Waals surface area contributed by atoms with Crippen LogP contribution in [0, 0.1) is 12.8 Å². The molecule has 0 fully saturated rings. The lowest BCUT2D eigenvalue weighted by atomic mass is 10.2. The Bertz CT molecular complexity index is 567. The van der Waals surface area contributed by atoms with E-state index in [1.165, 1.54) is 0 Å². The second-order valence-electron chi connectivity index (χ2n) is 5.70. The summed E-state index contributed by atoms with van der Waals surface area (Å²) in [6.45, 7) is 9.45. The van der Waals surface area contributed by atoms with Crippen LogP contribution in [0.4, 0.5) is 5.82 Å². The molecule has 0 aliphatic carbocycles. The Labute approximate surface area is 121 Å². The van der Waals surface area contributed by atoms with Crippen molar-refractivity contribution < 1.29 is 0 Å². The van der Waals surface area contributed by atoms with Gasteiger partial charge in [0.2, 0.25) is 0 Å². The number of imidazole rings is 1. The number of nitrogens with zero attached hydrogens (tertiary/aromatic N) is 3. The van der Waals surface area contributed by atoms with E-state index in [4.69, 9.17) is 10.7 Å². The number of anilines is 1. The van der Waals surface area contributed by atoms with Gasteiger partial charge in [-0.05, 0) is 31.4 Å². The van der Waals surface area contributed by atoms with Crippen molar-refractivity contribution in [2.24, 2.45) is 5.92 Å². The molecule has 0 aromatic carbocycles. The molecule has 0 aliphatic heterocycles. The molecule has 2 aromatic rings. The van der Waals surface area contributed by atoms with Crippen LogP contribution >= 0.6 is 0 Å². The van der Waals surface area contributed by atoms with Crippen LogP contribution in [0.2, 0.25) is 0 Å². The highest BCUT2D eigenvalue weighted by Gasteiger charge is 2.16. The van der Waals surface area contributed by atoms with Crippen molar-refractivity contribution in [3.63, 3.8) is 0 Å². The number of nitrogen functional groups attached to an aromatic ring is 1. The van der Waals surface area contributed by atoms with E-state index in [1.54, 1.807) is 0 Å². The maximum Gasteiger partial charge on any atom is 0.131 e. The van der Waals surface area contributed by atoms with Crippen LogP contribution in [-0.2, 0) is 13.0 Å². The molecule has 0 unspecified atom stereocenters. The van der Waals surface area contributed by atoms with Gasteiger partial charge in [0, 0.05) is 30.4 Å². The number of pyridine rings is 1. The second-order valence-corrected chi connectivity index (χ2v) is 5.70. The summed E-state index contributed by atoms with van der Waals surface area (Å²) in [6, 6.07) is 4.03. The summed E-state index contributed by atoms with van der Waals surface area (Å²) in [4.78, 5) is 9.09. The molecule has 0 saturated carbocycles. The smallest absolute Gasteiger partial charge is 0.131 e. The minimum atomic E-state index is 0.547. The molecule has 0 amide bonds. The first kappa shape index (κ1) is 14.6. The lowest BCUT2D eigenvalue weighted by molar-refractivity contribution is 0.510. The van der Waals surface area contributed by atoms with Gasteiger partial charge in [0.25, 0.3) is 0 Å². The molecule has 0 bridgehead atoms. The third-order valence-corrected chi connectivity index (χ3v) is 3.29. The highest BCUT2D eigenvalue weighted by Crippen LogP contribution is 2.27. The molecule has 0 spiro atoms. The fourth-order valence-electron chi connectivity index (χ4n) is 2.32. The van der Waals surface area contributed by atoms with E-state index in [0.717, 1.165) is 48.0 Å².